The van der Waals surface area contributed by atoms with Crippen LogP contribution >= 0.6 is 11.3 Å². The molecule has 0 unspecified atom stereocenters. The zero-order valence-corrected chi connectivity index (χ0v) is 15.3. The molecular formula is C16H23N5O3S. The van der Waals surface area contributed by atoms with E-state index in [1.165, 1.54) is 21.9 Å². The lowest BCUT2D eigenvalue weighted by Crippen LogP contribution is -2.38. The third kappa shape index (κ3) is 4.35. The minimum absolute atomic E-state index is 0.0933. The molecule has 3 rings (SSSR count). The largest absolute Gasteiger partial charge is 0.376 e. The van der Waals surface area contributed by atoms with Gasteiger partial charge in [0.25, 0.3) is 5.56 Å². The highest BCUT2D eigenvalue weighted by Gasteiger charge is 2.18. The smallest absolute Gasteiger partial charge is 0.275 e. The monoisotopic (exact) mass is 365 g/mol. The Labute approximate surface area is 149 Å². The van der Waals surface area contributed by atoms with E-state index in [2.05, 4.69) is 15.4 Å². The zero-order chi connectivity index (χ0) is 17.8. The van der Waals surface area contributed by atoms with Crippen molar-refractivity contribution in [1.82, 2.24) is 19.9 Å². The lowest BCUT2D eigenvalue weighted by Gasteiger charge is -2.16. The van der Waals surface area contributed by atoms with Crippen molar-refractivity contribution in [3.63, 3.8) is 0 Å². The van der Waals surface area contributed by atoms with E-state index in [0.717, 1.165) is 38.0 Å². The number of ether oxygens (including phenoxy) is 1. The molecule has 1 atom stereocenters. The number of hydrogen-bond donors (Lipinski definition) is 1. The molecule has 1 amide bonds. The molecule has 3 heterocycles. The SMILES string of the molecule is CCCc1cc(=O)n2nc(N(C)CC(=O)NC[C@@H]3CCCO3)sc2n1. The number of amides is 1. The predicted octanol–water partition coefficient (Wildman–Crippen LogP) is 0.835. The maximum Gasteiger partial charge on any atom is 0.275 e. The molecule has 1 aliphatic heterocycles. The van der Waals surface area contributed by atoms with Crippen LogP contribution in [0.1, 0.15) is 31.9 Å². The van der Waals surface area contributed by atoms with E-state index >= 15 is 0 Å². The lowest BCUT2D eigenvalue weighted by molar-refractivity contribution is -0.120. The molecule has 0 spiro atoms. The van der Waals surface area contributed by atoms with Crippen LogP contribution in [0.5, 0.6) is 0 Å². The third-order valence-electron chi connectivity index (χ3n) is 4.05. The minimum atomic E-state index is -0.188. The van der Waals surface area contributed by atoms with E-state index in [4.69, 9.17) is 4.74 Å². The first-order valence-electron chi connectivity index (χ1n) is 8.56. The lowest BCUT2D eigenvalue weighted by atomic mass is 10.2. The molecule has 136 valence electrons. The van der Waals surface area contributed by atoms with Crippen LogP contribution in [0.3, 0.4) is 0 Å². The first-order valence-corrected chi connectivity index (χ1v) is 9.37. The highest BCUT2D eigenvalue weighted by Crippen LogP contribution is 2.20. The van der Waals surface area contributed by atoms with Crippen molar-refractivity contribution < 1.29 is 9.53 Å². The Hall–Kier alpha value is -2.00. The molecule has 2 aromatic heterocycles. The maximum absolute atomic E-state index is 12.1. The van der Waals surface area contributed by atoms with Crippen molar-refractivity contribution in [2.24, 2.45) is 0 Å². The van der Waals surface area contributed by atoms with Crippen LogP contribution in [0, 0.1) is 0 Å². The maximum atomic E-state index is 12.1. The average molecular weight is 365 g/mol. The van der Waals surface area contributed by atoms with Gasteiger partial charge in [-0.05, 0) is 19.3 Å². The molecule has 2 aromatic rings. The van der Waals surface area contributed by atoms with Gasteiger partial charge in [0.2, 0.25) is 16.0 Å². The third-order valence-corrected chi connectivity index (χ3v) is 5.07. The van der Waals surface area contributed by atoms with Gasteiger partial charge in [-0.15, -0.1) is 5.10 Å². The van der Waals surface area contributed by atoms with Gasteiger partial charge < -0.3 is 15.0 Å². The molecule has 8 nitrogen and oxygen atoms in total. The number of aromatic nitrogens is 3. The fourth-order valence-corrected chi connectivity index (χ4v) is 3.64. The van der Waals surface area contributed by atoms with Crippen LogP contribution in [-0.2, 0) is 16.0 Å². The molecule has 1 N–H and O–H groups in total. The Morgan fingerprint density at radius 3 is 3.12 bits per heavy atom. The fourth-order valence-electron chi connectivity index (χ4n) is 2.76. The van der Waals surface area contributed by atoms with Gasteiger partial charge in [0, 0.05) is 32.0 Å². The van der Waals surface area contributed by atoms with Crippen molar-refractivity contribution >= 4 is 27.3 Å². The summed E-state index contributed by atoms with van der Waals surface area (Å²) in [6.07, 6.45) is 3.85. The van der Waals surface area contributed by atoms with Gasteiger partial charge in [0.15, 0.2) is 0 Å². The summed E-state index contributed by atoms with van der Waals surface area (Å²) in [5.74, 6) is -0.0933. The Bertz CT molecular complexity index is 797. The summed E-state index contributed by atoms with van der Waals surface area (Å²) in [5, 5.41) is 7.76. The standard InChI is InChI=1S/C16H23N5O3S/c1-3-5-11-8-14(23)21-15(18-11)25-16(19-21)20(2)10-13(22)17-9-12-6-4-7-24-12/h8,12H,3-7,9-10H2,1-2H3,(H,17,22)/t12-/m0/s1. The van der Waals surface area contributed by atoms with E-state index in [9.17, 15) is 9.59 Å². The van der Waals surface area contributed by atoms with Crippen LogP contribution in [-0.4, -0.2) is 53.4 Å². The molecule has 1 aliphatic rings. The van der Waals surface area contributed by atoms with Crippen molar-refractivity contribution in [1.29, 1.82) is 0 Å². The van der Waals surface area contributed by atoms with E-state index in [-0.39, 0.29) is 24.1 Å². The molecule has 0 radical (unpaired) electrons. The van der Waals surface area contributed by atoms with E-state index in [1.54, 1.807) is 11.9 Å². The van der Waals surface area contributed by atoms with Crippen LogP contribution in [0.25, 0.3) is 4.96 Å². The van der Waals surface area contributed by atoms with E-state index in [1.807, 2.05) is 6.92 Å². The second-order valence-electron chi connectivity index (χ2n) is 6.21. The van der Waals surface area contributed by atoms with E-state index in [0.29, 0.717) is 16.6 Å². The molecule has 9 heteroatoms. The molecule has 1 fully saturated rings. The van der Waals surface area contributed by atoms with Crippen LogP contribution in [0.2, 0.25) is 0 Å². The van der Waals surface area contributed by atoms with Gasteiger partial charge in [-0.25, -0.2) is 4.98 Å². The Morgan fingerprint density at radius 2 is 2.40 bits per heavy atom. The normalized spacial score (nSPS) is 17.1. The number of rotatable bonds is 7. The summed E-state index contributed by atoms with van der Waals surface area (Å²) in [7, 11) is 1.78. The highest BCUT2D eigenvalue weighted by atomic mass is 32.1. The Balaban J connectivity index is 1.64. The summed E-state index contributed by atoms with van der Waals surface area (Å²) in [5.41, 5.74) is 0.590. The first-order chi connectivity index (χ1) is 12.1. The second-order valence-corrected chi connectivity index (χ2v) is 7.14. The number of likely N-dealkylation sites (N-methyl/N-ethyl adjacent to an activating group) is 1. The van der Waals surface area contributed by atoms with Gasteiger partial charge in [-0.1, -0.05) is 24.7 Å². The molecule has 1 saturated heterocycles. The Kier molecular flexibility index (Phi) is 5.64. The second kappa shape index (κ2) is 7.92. The van der Waals surface area contributed by atoms with Crippen LogP contribution < -0.4 is 15.8 Å². The first kappa shape index (κ1) is 17.8. The van der Waals surface area contributed by atoms with Crippen molar-refractivity contribution in [3.8, 4) is 0 Å². The predicted molar refractivity (Wildman–Crippen MR) is 96.4 cm³/mol. The molecule has 0 aliphatic carbocycles. The number of fused-ring (bicyclic) bond motifs is 1. The fraction of sp³-hybridized carbons (Fsp3) is 0.625. The molecule has 0 saturated carbocycles. The van der Waals surface area contributed by atoms with Crippen molar-refractivity contribution in [2.45, 2.75) is 38.7 Å². The number of nitrogens with one attached hydrogen (secondary N) is 1. The number of carbonyl (C=O) groups excluding carboxylic acids is 1. The zero-order valence-electron chi connectivity index (χ0n) is 14.5. The molecule has 25 heavy (non-hydrogen) atoms. The number of carbonyl (C=O) groups is 1. The van der Waals surface area contributed by atoms with Crippen LogP contribution in [0.15, 0.2) is 10.9 Å². The van der Waals surface area contributed by atoms with Crippen molar-refractivity contribution in [3.05, 3.63) is 22.1 Å². The minimum Gasteiger partial charge on any atom is -0.376 e. The highest BCUT2D eigenvalue weighted by molar-refractivity contribution is 7.20. The summed E-state index contributed by atoms with van der Waals surface area (Å²) in [4.78, 5) is 31.0. The molecule has 0 aromatic carbocycles. The average Bonchev–Trinajstić information content (AvgIpc) is 3.23. The van der Waals surface area contributed by atoms with Gasteiger partial charge in [0.05, 0.1) is 12.6 Å². The number of aryl methyl sites for hydroxylation is 1. The number of anilines is 1. The molecule has 0 bridgehead atoms. The summed E-state index contributed by atoms with van der Waals surface area (Å²) in [6.45, 7) is 3.52. The Morgan fingerprint density at radius 1 is 1.56 bits per heavy atom. The summed E-state index contributed by atoms with van der Waals surface area (Å²) in [6, 6.07) is 1.52. The number of hydrogen-bond acceptors (Lipinski definition) is 7. The topological polar surface area (TPSA) is 88.8 Å². The van der Waals surface area contributed by atoms with Crippen molar-refractivity contribution in [2.75, 3.05) is 31.6 Å². The quantitative estimate of drug-likeness (QED) is 0.782. The van der Waals surface area contributed by atoms with Gasteiger partial charge in [0.1, 0.15) is 0 Å². The summed E-state index contributed by atoms with van der Waals surface area (Å²) < 4.78 is 6.78. The number of nitrogens with zero attached hydrogens (tertiary/aromatic N) is 4. The summed E-state index contributed by atoms with van der Waals surface area (Å²) >= 11 is 1.31. The van der Waals surface area contributed by atoms with Gasteiger partial charge in [-0.3, -0.25) is 9.59 Å². The van der Waals surface area contributed by atoms with E-state index < -0.39 is 0 Å². The van der Waals surface area contributed by atoms with Gasteiger partial charge >= 0.3 is 0 Å². The van der Waals surface area contributed by atoms with Crippen LogP contribution in [0.4, 0.5) is 5.13 Å². The molecular weight excluding hydrogens is 342 g/mol. The van der Waals surface area contributed by atoms with Gasteiger partial charge in [-0.2, -0.15) is 4.52 Å².